The van der Waals surface area contributed by atoms with Gasteiger partial charge in [-0.15, -0.1) is 5.10 Å². The normalized spacial score (nSPS) is 20.4. The van der Waals surface area contributed by atoms with Gasteiger partial charge in [0.2, 0.25) is 10.1 Å². The van der Waals surface area contributed by atoms with E-state index in [2.05, 4.69) is 36.2 Å². The molecular weight excluding hydrogens is 276 g/mol. The number of nitrogens with one attached hydrogen (secondary N) is 1. The molecule has 0 radical (unpaired) electrons. The number of hydrogen-bond donors (Lipinski definition) is 1. The molecule has 0 spiro atoms. The molecule has 0 unspecified atom stereocenters. The molecule has 1 aliphatic rings. The van der Waals surface area contributed by atoms with Gasteiger partial charge in [-0.3, -0.25) is 0 Å². The van der Waals surface area contributed by atoms with Gasteiger partial charge in [-0.05, 0) is 0 Å². The predicted molar refractivity (Wildman–Crippen MR) is 78.6 cm³/mol. The minimum absolute atomic E-state index is 0.0499. The molecule has 6 nitrogen and oxygen atoms in total. The number of nitrogens with zero attached hydrogens (tertiary/aromatic N) is 3. The second-order valence-corrected chi connectivity index (χ2v) is 6.92. The fourth-order valence-electron chi connectivity index (χ4n) is 1.99. The van der Waals surface area contributed by atoms with Crippen molar-refractivity contribution < 1.29 is 9.47 Å². The molecule has 1 atom stereocenters. The van der Waals surface area contributed by atoms with E-state index in [1.54, 1.807) is 11.3 Å². The van der Waals surface area contributed by atoms with Crippen LogP contribution in [-0.4, -0.2) is 47.1 Å². The molecule has 0 bridgehead atoms. The summed E-state index contributed by atoms with van der Waals surface area (Å²) in [7, 11) is 0. The summed E-state index contributed by atoms with van der Waals surface area (Å²) >= 11 is 1.56. The Morgan fingerprint density at radius 1 is 1.45 bits per heavy atom. The Kier molecular flexibility index (Phi) is 3.66. The smallest absolute Gasteiger partial charge is 0.214 e. The lowest BCUT2D eigenvalue weighted by molar-refractivity contribution is -0.0818. The molecule has 0 aromatic carbocycles. The van der Waals surface area contributed by atoms with Crippen LogP contribution in [0.1, 0.15) is 26.5 Å². The zero-order valence-electron chi connectivity index (χ0n) is 12.0. The molecule has 2 aromatic rings. The average Bonchev–Trinajstić information content (AvgIpc) is 2.95. The van der Waals surface area contributed by atoms with Crippen molar-refractivity contribution in [2.24, 2.45) is 0 Å². The number of anilines is 1. The molecule has 0 saturated carbocycles. The van der Waals surface area contributed by atoms with Gasteiger partial charge < -0.3 is 14.8 Å². The van der Waals surface area contributed by atoms with Crippen LogP contribution in [0.2, 0.25) is 0 Å². The van der Waals surface area contributed by atoms with Crippen molar-refractivity contribution in [1.82, 2.24) is 14.6 Å². The molecule has 110 valence electrons. The van der Waals surface area contributed by atoms with Gasteiger partial charge in [-0.25, -0.2) is 9.50 Å². The molecule has 0 amide bonds. The minimum Gasteiger partial charge on any atom is -0.376 e. The number of imidazole rings is 1. The van der Waals surface area contributed by atoms with Crippen LogP contribution in [0.3, 0.4) is 0 Å². The SMILES string of the molecule is CC(C)(C)c1cn2nc(NC[C@@H]3COCCO3)sc2n1. The summed E-state index contributed by atoms with van der Waals surface area (Å²) in [5.41, 5.74) is 1.11. The van der Waals surface area contributed by atoms with Gasteiger partial charge in [0.05, 0.1) is 37.8 Å². The van der Waals surface area contributed by atoms with Gasteiger partial charge >= 0.3 is 0 Å². The van der Waals surface area contributed by atoms with Crippen LogP contribution in [0.5, 0.6) is 0 Å². The van der Waals surface area contributed by atoms with Crippen molar-refractivity contribution in [3.63, 3.8) is 0 Å². The molecule has 1 saturated heterocycles. The maximum absolute atomic E-state index is 5.59. The zero-order valence-corrected chi connectivity index (χ0v) is 12.9. The first-order valence-corrected chi connectivity index (χ1v) is 7.64. The van der Waals surface area contributed by atoms with E-state index in [9.17, 15) is 0 Å². The number of aromatic nitrogens is 3. The number of ether oxygens (including phenoxy) is 2. The van der Waals surface area contributed by atoms with E-state index < -0.39 is 0 Å². The summed E-state index contributed by atoms with van der Waals surface area (Å²) in [5, 5.41) is 8.65. The monoisotopic (exact) mass is 296 g/mol. The highest BCUT2D eigenvalue weighted by Gasteiger charge is 2.20. The highest BCUT2D eigenvalue weighted by atomic mass is 32.1. The van der Waals surface area contributed by atoms with Crippen LogP contribution in [0.4, 0.5) is 5.13 Å². The van der Waals surface area contributed by atoms with Crippen LogP contribution in [0.15, 0.2) is 6.20 Å². The first kappa shape index (κ1) is 13.8. The van der Waals surface area contributed by atoms with E-state index in [0.717, 1.165) is 15.8 Å². The molecule has 1 aliphatic heterocycles. The standard InChI is InChI=1S/C13H20N4O2S/c1-13(2,3)10-7-17-12(15-10)20-11(16-17)14-6-9-8-18-4-5-19-9/h7,9H,4-6,8H2,1-3H3,(H,14,16)/t9-/m1/s1. The Balaban J connectivity index is 1.66. The molecule has 1 fully saturated rings. The third-order valence-corrected chi connectivity index (χ3v) is 4.06. The minimum atomic E-state index is 0.0499. The van der Waals surface area contributed by atoms with E-state index in [1.807, 2.05) is 10.7 Å². The largest absolute Gasteiger partial charge is 0.376 e. The lowest BCUT2D eigenvalue weighted by atomic mass is 9.93. The molecular formula is C13H20N4O2S. The Bertz CT molecular complexity index is 549. The maximum Gasteiger partial charge on any atom is 0.214 e. The van der Waals surface area contributed by atoms with E-state index >= 15 is 0 Å². The van der Waals surface area contributed by atoms with Crippen molar-refractivity contribution in [2.75, 3.05) is 31.7 Å². The predicted octanol–water partition coefficient (Wildman–Crippen LogP) is 1.92. The Labute approximate surface area is 122 Å². The van der Waals surface area contributed by atoms with Gasteiger partial charge in [0.15, 0.2) is 0 Å². The number of rotatable bonds is 3. The van der Waals surface area contributed by atoms with Crippen molar-refractivity contribution in [3.8, 4) is 0 Å². The number of fused-ring (bicyclic) bond motifs is 1. The third kappa shape index (κ3) is 2.94. The summed E-state index contributed by atoms with van der Waals surface area (Å²) in [6, 6.07) is 0. The molecule has 3 heterocycles. The summed E-state index contributed by atoms with van der Waals surface area (Å²) < 4.78 is 12.8. The Hall–Kier alpha value is -1.18. The fraction of sp³-hybridized carbons (Fsp3) is 0.692. The van der Waals surface area contributed by atoms with Gasteiger partial charge in [0.1, 0.15) is 0 Å². The van der Waals surface area contributed by atoms with E-state index in [-0.39, 0.29) is 11.5 Å². The average molecular weight is 296 g/mol. The van der Waals surface area contributed by atoms with Crippen molar-refractivity contribution in [1.29, 1.82) is 0 Å². The summed E-state index contributed by atoms with van der Waals surface area (Å²) in [4.78, 5) is 5.54. The van der Waals surface area contributed by atoms with Crippen molar-refractivity contribution in [2.45, 2.75) is 32.3 Å². The maximum atomic E-state index is 5.59. The first-order valence-electron chi connectivity index (χ1n) is 6.82. The van der Waals surface area contributed by atoms with Gasteiger partial charge in [0, 0.05) is 12.0 Å². The van der Waals surface area contributed by atoms with Crippen LogP contribution in [0.25, 0.3) is 4.96 Å². The first-order chi connectivity index (χ1) is 9.52. The third-order valence-electron chi connectivity index (χ3n) is 3.18. The van der Waals surface area contributed by atoms with Crippen LogP contribution >= 0.6 is 11.3 Å². The van der Waals surface area contributed by atoms with E-state index in [1.165, 1.54) is 0 Å². The van der Waals surface area contributed by atoms with Crippen LogP contribution in [0, 0.1) is 0 Å². The Morgan fingerprint density at radius 2 is 2.30 bits per heavy atom. The lowest BCUT2D eigenvalue weighted by Gasteiger charge is -2.22. The van der Waals surface area contributed by atoms with Crippen molar-refractivity contribution in [3.05, 3.63) is 11.9 Å². The number of hydrogen-bond acceptors (Lipinski definition) is 6. The lowest BCUT2D eigenvalue weighted by Crippen LogP contribution is -2.34. The van der Waals surface area contributed by atoms with Crippen molar-refractivity contribution >= 4 is 21.4 Å². The van der Waals surface area contributed by atoms with Gasteiger partial charge in [0.25, 0.3) is 0 Å². The molecule has 20 heavy (non-hydrogen) atoms. The topological polar surface area (TPSA) is 60.7 Å². The highest BCUT2D eigenvalue weighted by Crippen LogP contribution is 2.25. The molecule has 2 aromatic heterocycles. The molecule has 7 heteroatoms. The highest BCUT2D eigenvalue weighted by molar-refractivity contribution is 7.20. The quantitative estimate of drug-likeness (QED) is 0.937. The summed E-state index contributed by atoms with van der Waals surface area (Å²) in [6.45, 7) is 9.17. The zero-order chi connectivity index (χ0) is 14.2. The Morgan fingerprint density at radius 3 is 2.95 bits per heavy atom. The van der Waals surface area contributed by atoms with Gasteiger partial charge in [-0.1, -0.05) is 32.1 Å². The molecule has 3 rings (SSSR count). The second kappa shape index (κ2) is 5.31. The summed E-state index contributed by atoms with van der Waals surface area (Å²) in [5.74, 6) is 0. The van der Waals surface area contributed by atoms with E-state index in [0.29, 0.717) is 26.4 Å². The van der Waals surface area contributed by atoms with Gasteiger partial charge in [-0.2, -0.15) is 0 Å². The molecule has 1 N–H and O–H groups in total. The van der Waals surface area contributed by atoms with E-state index in [4.69, 9.17) is 9.47 Å². The molecule has 0 aliphatic carbocycles. The van der Waals surface area contributed by atoms with Crippen LogP contribution < -0.4 is 5.32 Å². The second-order valence-electron chi connectivity index (χ2n) is 5.96. The van der Waals surface area contributed by atoms with Crippen LogP contribution in [-0.2, 0) is 14.9 Å². The fourth-order valence-corrected chi connectivity index (χ4v) is 2.78. The summed E-state index contributed by atoms with van der Waals surface area (Å²) in [6.07, 6.45) is 2.10.